The number of rotatable bonds is 9. The van der Waals surface area contributed by atoms with Crippen molar-refractivity contribution in [2.45, 2.75) is 45.6 Å². The number of ether oxygens (including phenoxy) is 1. The highest BCUT2D eigenvalue weighted by molar-refractivity contribution is 5.96. The van der Waals surface area contributed by atoms with Crippen LogP contribution in [0.3, 0.4) is 0 Å². The lowest BCUT2D eigenvalue weighted by Crippen LogP contribution is -2.30. The second-order valence-corrected chi connectivity index (χ2v) is 8.09. The number of carbonyl (C=O) groups is 2. The van der Waals surface area contributed by atoms with Gasteiger partial charge in [-0.1, -0.05) is 62.4 Å². The van der Waals surface area contributed by atoms with Crippen molar-refractivity contribution >= 4 is 23.2 Å². The first kappa shape index (κ1) is 23.1. The Morgan fingerprint density at radius 1 is 0.812 bits per heavy atom. The van der Waals surface area contributed by atoms with Crippen LogP contribution in [0.2, 0.25) is 0 Å². The highest BCUT2D eigenvalue weighted by Crippen LogP contribution is 2.20. The van der Waals surface area contributed by atoms with Crippen LogP contribution in [0, 0.1) is 0 Å². The normalized spacial score (nSPS) is 11.6. The lowest BCUT2D eigenvalue weighted by molar-refractivity contribution is -0.122. The molecular weight excluding hydrogens is 400 g/mol. The molecule has 2 amide bonds. The highest BCUT2D eigenvalue weighted by atomic mass is 16.5. The summed E-state index contributed by atoms with van der Waals surface area (Å²) in [6, 6.07) is 24.8. The Bertz CT molecular complexity index is 1030. The summed E-state index contributed by atoms with van der Waals surface area (Å²) in [4.78, 5) is 24.8. The van der Waals surface area contributed by atoms with Crippen LogP contribution in [0.15, 0.2) is 78.9 Å². The summed E-state index contributed by atoms with van der Waals surface area (Å²) in [7, 11) is 0. The Kier molecular flexibility index (Phi) is 8.03. The lowest BCUT2D eigenvalue weighted by Gasteiger charge is -2.16. The average molecular weight is 431 g/mol. The van der Waals surface area contributed by atoms with E-state index in [0.717, 1.165) is 5.56 Å². The van der Waals surface area contributed by atoms with Crippen molar-refractivity contribution in [3.8, 4) is 5.75 Å². The van der Waals surface area contributed by atoms with Crippen LogP contribution in [0.5, 0.6) is 5.75 Å². The molecule has 0 heterocycles. The molecule has 0 aliphatic carbocycles. The average Bonchev–Trinajstić information content (AvgIpc) is 2.79. The van der Waals surface area contributed by atoms with Crippen molar-refractivity contribution in [1.82, 2.24) is 0 Å². The molecule has 0 spiro atoms. The van der Waals surface area contributed by atoms with Crippen LogP contribution in [-0.2, 0) is 16.0 Å². The largest absolute Gasteiger partial charge is 0.481 e. The Hall–Kier alpha value is -3.60. The molecule has 5 heteroatoms. The minimum atomic E-state index is -0.663. The van der Waals surface area contributed by atoms with Crippen molar-refractivity contribution in [1.29, 1.82) is 0 Å². The maximum Gasteiger partial charge on any atom is 0.265 e. The zero-order valence-electron chi connectivity index (χ0n) is 18.8. The van der Waals surface area contributed by atoms with Gasteiger partial charge in [0.25, 0.3) is 5.91 Å². The van der Waals surface area contributed by atoms with E-state index in [1.54, 1.807) is 31.2 Å². The van der Waals surface area contributed by atoms with E-state index in [-0.39, 0.29) is 11.8 Å². The number of aryl methyl sites for hydroxylation is 1. The number of carbonyl (C=O) groups excluding carboxylic acids is 2. The second-order valence-electron chi connectivity index (χ2n) is 8.09. The summed E-state index contributed by atoms with van der Waals surface area (Å²) >= 11 is 0. The topological polar surface area (TPSA) is 67.4 Å². The summed E-state index contributed by atoms with van der Waals surface area (Å²) < 4.78 is 5.77. The molecule has 0 aliphatic heterocycles. The minimum absolute atomic E-state index is 0.0705. The fourth-order valence-electron chi connectivity index (χ4n) is 3.23. The van der Waals surface area contributed by atoms with Gasteiger partial charge < -0.3 is 15.4 Å². The lowest BCUT2D eigenvalue weighted by atomic mass is 10.0. The number of amides is 2. The predicted molar refractivity (Wildman–Crippen MR) is 129 cm³/mol. The highest BCUT2D eigenvalue weighted by Gasteiger charge is 2.15. The standard InChI is InChI=1S/C27H30N2O3/c1-19(2)22-13-15-25(16-14-22)32-20(3)27(31)29-24-11-7-10-23(18-24)28-26(30)17-12-21-8-5-4-6-9-21/h4-11,13-16,18-20H,12,17H2,1-3H3,(H,28,30)(H,29,31). The Labute approximate surface area is 189 Å². The summed E-state index contributed by atoms with van der Waals surface area (Å²) in [5, 5.41) is 5.74. The fourth-order valence-corrected chi connectivity index (χ4v) is 3.23. The van der Waals surface area contributed by atoms with E-state index in [2.05, 4.69) is 24.5 Å². The molecule has 3 rings (SSSR count). The molecule has 0 aromatic heterocycles. The first-order valence-corrected chi connectivity index (χ1v) is 10.9. The van der Waals surface area contributed by atoms with Gasteiger partial charge in [-0.2, -0.15) is 0 Å². The smallest absolute Gasteiger partial charge is 0.265 e. The summed E-state index contributed by atoms with van der Waals surface area (Å²) in [5.41, 5.74) is 3.58. The molecule has 5 nitrogen and oxygen atoms in total. The number of nitrogens with one attached hydrogen (secondary N) is 2. The monoisotopic (exact) mass is 430 g/mol. The molecule has 1 atom stereocenters. The summed E-state index contributed by atoms with van der Waals surface area (Å²) in [5.74, 6) is 0.761. The van der Waals surface area contributed by atoms with Crippen LogP contribution in [-0.4, -0.2) is 17.9 Å². The molecule has 0 aliphatic rings. The summed E-state index contributed by atoms with van der Waals surface area (Å²) in [6.45, 7) is 5.97. The number of anilines is 2. The van der Waals surface area contributed by atoms with Gasteiger partial charge in [0, 0.05) is 17.8 Å². The Balaban J connectivity index is 1.51. The molecule has 0 fully saturated rings. The van der Waals surface area contributed by atoms with E-state index in [1.807, 2.05) is 54.6 Å². The van der Waals surface area contributed by atoms with Gasteiger partial charge in [-0.05, 0) is 60.7 Å². The minimum Gasteiger partial charge on any atom is -0.481 e. The van der Waals surface area contributed by atoms with Crippen molar-refractivity contribution in [2.24, 2.45) is 0 Å². The quantitative estimate of drug-likeness (QED) is 0.452. The Morgan fingerprint density at radius 2 is 1.47 bits per heavy atom. The molecule has 0 radical (unpaired) electrons. The van der Waals surface area contributed by atoms with Crippen LogP contribution >= 0.6 is 0 Å². The van der Waals surface area contributed by atoms with Crippen LogP contribution in [0.1, 0.15) is 44.2 Å². The number of hydrogen-bond acceptors (Lipinski definition) is 3. The molecule has 166 valence electrons. The van der Waals surface area contributed by atoms with Gasteiger partial charge in [0.1, 0.15) is 5.75 Å². The zero-order chi connectivity index (χ0) is 22.9. The van der Waals surface area contributed by atoms with E-state index in [4.69, 9.17) is 4.74 Å². The molecular formula is C27H30N2O3. The van der Waals surface area contributed by atoms with Crippen LogP contribution < -0.4 is 15.4 Å². The van der Waals surface area contributed by atoms with Gasteiger partial charge in [-0.15, -0.1) is 0 Å². The molecule has 2 N–H and O–H groups in total. The third-order valence-corrected chi connectivity index (χ3v) is 5.13. The van der Waals surface area contributed by atoms with Gasteiger partial charge in [-0.3, -0.25) is 9.59 Å². The number of benzene rings is 3. The van der Waals surface area contributed by atoms with Crippen LogP contribution in [0.4, 0.5) is 11.4 Å². The van der Waals surface area contributed by atoms with Gasteiger partial charge in [-0.25, -0.2) is 0 Å². The SMILES string of the molecule is CC(Oc1ccc(C(C)C)cc1)C(=O)Nc1cccc(NC(=O)CCc2ccccc2)c1. The molecule has 1 unspecified atom stereocenters. The fraction of sp³-hybridized carbons (Fsp3) is 0.259. The maximum absolute atomic E-state index is 12.6. The van der Waals surface area contributed by atoms with Gasteiger partial charge in [0.15, 0.2) is 6.10 Å². The maximum atomic E-state index is 12.6. The van der Waals surface area contributed by atoms with E-state index in [0.29, 0.717) is 35.9 Å². The van der Waals surface area contributed by atoms with Crippen molar-refractivity contribution < 1.29 is 14.3 Å². The third-order valence-electron chi connectivity index (χ3n) is 5.13. The first-order valence-electron chi connectivity index (χ1n) is 10.9. The van der Waals surface area contributed by atoms with E-state index < -0.39 is 6.10 Å². The van der Waals surface area contributed by atoms with E-state index in [9.17, 15) is 9.59 Å². The van der Waals surface area contributed by atoms with Gasteiger partial charge in [0.05, 0.1) is 0 Å². The van der Waals surface area contributed by atoms with Crippen molar-refractivity contribution in [3.05, 3.63) is 90.0 Å². The summed E-state index contributed by atoms with van der Waals surface area (Å²) in [6.07, 6.45) is 0.404. The van der Waals surface area contributed by atoms with Crippen molar-refractivity contribution in [2.75, 3.05) is 10.6 Å². The molecule has 3 aromatic carbocycles. The van der Waals surface area contributed by atoms with E-state index in [1.165, 1.54) is 5.56 Å². The molecule has 0 bridgehead atoms. The van der Waals surface area contributed by atoms with Crippen LogP contribution in [0.25, 0.3) is 0 Å². The zero-order valence-corrected chi connectivity index (χ0v) is 18.8. The predicted octanol–water partition coefficient (Wildman–Crippen LogP) is 5.79. The Morgan fingerprint density at radius 3 is 2.12 bits per heavy atom. The van der Waals surface area contributed by atoms with Gasteiger partial charge in [0.2, 0.25) is 5.91 Å². The molecule has 0 saturated heterocycles. The van der Waals surface area contributed by atoms with Gasteiger partial charge >= 0.3 is 0 Å². The first-order chi connectivity index (χ1) is 15.4. The van der Waals surface area contributed by atoms with E-state index >= 15 is 0 Å². The number of hydrogen-bond donors (Lipinski definition) is 2. The third kappa shape index (κ3) is 6.98. The molecule has 3 aromatic rings. The molecule has 32 heavy (non-hydrogen) atoms. The second kappa shape index (κ2) is 11.1. The van der Waals surface area contributed by atoms with Crippen molar-refractivity contribution in [3.63, 3.8) is 0 Å². The molecule has 0 saturated carbocycles.